The number of hydrogen-bond acceptors (Lipinski definition) is 4. The summed E-state index contributed by atoms with van der Waals surface area (Å²) in [7, 11) is 0. The van der Waals surface area contributed by atoms with Gasteiger partial charge in [-0.3, -0.25) is 9.89 Å². The van der Waals surface area contributed by atoms with Gasteiger partial charge < -0.3 is 4.98 Å². The first-order chi connectivity index (χ1) is 12.9. The molecule has 4 aromatic heterocycles. The number of pyridine rings is 1. The van der Waals surface area contributed by atoms with E-state index in [-0.39, 0.29) is 12.2 Å². The van der Waals surface area contributed by atoms with Gasteiger partial charge in [0.15, 0.2) is 12.1 Å². The van der Waals surface area contributed by atoms with Crippen LogP contribution < -0.4 is 0 Å². The lowest BCUT2D eigenvalue weighted by molar-refractivity contribution is 0.0987. The van der Waals surface area contributed by atoms with Gasteiger partial charge in [-0.05, 0) is 38.5 Å². The summed E-state index contributed by atoms with van der Waals surface area (Å²) in [5.41, 5.74) is 5.32. The minimum absolute atomic E-state index is 0.0491. The van der Waals surface area contributed by atoms with Crippen LogP contribution in [0.15, 0.2) is 30.7 Å². The molecule has 0 aliphatic heterocycles. The molecule has 4 heterocycles. The molecule has 0 saturated heterocycles. The van der Waals surface area contributed by atoms with E-state index in [1.807, 2.05) is 26.0 Å². The van der Waals surface area contributed by atoms with Gasteiger partial charge in [-0.1, -0.05) is 0 Å². The highest BCUT2D eigenvalue weighted by molar-refractivity contribution is 5.97. The number of rotatable bonds is 5. The van der Waals surface area contributed by atoms with E-state index in [1.165, 1.54) is 11.6 Å². The van der Waals surface area contributed by atoms with Crippen molar-refractivity contribution in [2.24, 2.45) is 0 Å². The quantitative estimate of drug-likeness (QED) is 0.527. The number of hydrogen-bond donors (Lipinski definition) is 2. The number of aromatic nitrogens is 6. The molecular formula is C19H19FN6O. The van der Waals surface area contributed by atoms with Gasteiger partial charge in [0.05, 0.1) is 11.9 Å². The molecule has 0 bridgehead atoms. The van der Waals surface area contributed by atoms with Gasteiger partial charge in [-0.25, -0.2) is 14.1 Å². The molecule has 1 unspecified atom stereocenters. The maximum Gasteiger partial charge on any atom is 0.188 e. The second-order valence-electron chi connectivity index (χ2n) is 6.67. The highest BCUT2D eigenvalue weighted by Gasteiger charge is 2.16. The Morgan fingerprint density at radius 3 is 2.78 bits per heavy atom. The molecule has 0 aliphatic carbocycles. The normalized spacial score (nSPS) is 12.6. The van der Waals surface area contributed by atoms with Crippen molar-refractivity contribution in [3.05, 3.63) is 53.2 Å². The maximum absolute atomic E-state index is 13.4. The standard InChI is InChI=1S/C19H19FN6O/c1-10-11(2)24-25-18(10)17(27)5-13-4-14-6-16(23-19(14)21-7-13)15-8-22-26(9-15)12(3)20/h4,6-9,12H,5H2,1-3H3,(H,21,23)(H,24,25). The third-order valence-electron chi connectivity index (χ3n) is 4.69. The lowest BCUT2D eigenvalue weighted by Gasteiger charge is -2.00. The number of fused-ring (bicyclic) bond motifs is 1. The fourth-order valence-corrected chi connectivity index (χ4v) is 3.01. The summed E-state index contributed by atoms with van der Waals surface area (Å²) in [5, 5.41) is 11.8. The van der Waals surface area contributed by atoms with E-state index in [4.69, 9.17) is 0 Å². The van der Waals surface area contributed by atoms with Crippen molar-refractivity contribution in [2.75, 3.05) is 0 Å². The second kappa shape index (κ2) is 6.46. The Morgan fingerprint density at radius 1 is 1.30 bits per heavy atom. The van der Waals surface area contributed by atoms with Crippen LogP contribution in [0.4, 0.5) is 4.39 Å². The number of aryl methyl sites for hydroxylation is 1. The van der Waals surface area contributed by atoms with Crippen LogP contribution in [-0.2, 0) is 6.42 Å². The molecule has 1 atom stereocenters. The number of Topliss-reactive ketones (excluding diaryl/α,β-unsaturated/α-hetero) is 1. The molecule has 4 rings (SSSR count). The average molecular weight is 366 g/mol. The van der Waals surface area contributed by atoms with Crippen LogP contribution in [0, 0.1) is 13.8 Å². The molecule has 8 heteroatoms. The van der Waals surface area contributed by atoms with Crippen molar-refractivity contribution in [1.82, 2.24) is 29.9 Å². The SMILES string of the molecule is Cc1[nH]nc(C(=O)Cc2cnc3[nH]c(-c4cnn(C(C)F)c4)cc3c2)c1C. The summed E-state index contributed by atoms with van der Waals surface area (Å²) in [4.78, 5) is 20.1. The average Bonchev–Trinajstić information content (AvgIpc) is 3.34. The number of ketones is 1. The second-order valence-corrected chi connectivity index (χ2v) is 6.67. The Balaban J connectivity index is 1.60. The summed E-state index contributed by atoms with van der Waals surface area (Å²) in [5.74, 6) is -0.0491. The predicted molar refractivity (Wildman–Crippen MR) is 99.2 cm³/mol. The number of carbonyl (C=O) groups is 1. The van der Waals surface area contributed by atoms with Crippen LogP contribution in [0.5, 0.6) is 0 Å². The number of halogens is 1. The number of carbonyl (C=O) groups excluding carboxylic acids is 1. The first-order valence-corrected chi connectivity index (χ1v) is 8.63. The van der Waals surface area contributed by atoms with Crippen molar-refractivity contribution in [3.63, 3.8) is 0 Å². The van der Waals surface area contributed by atoms with Gasteiger partial charge >= 0.3 is 0 Å². The molecule has 27 heavy (non-hydrogen) atoms. The molecule has 2 N–H and O–H groups in total. The fourth-order valence-electron chi connectivity index (χ4n) is 3.01. The smallest absolute Gasteiger partial charge is 0.188 e. The molecule has 0 aliphatic rings. The van der Waals surface area contributed by atoms with Gasteiger partial charge in [0, 0.05) is 41.0 Å². The molecule has 0 spiro atoms. The Morgan fingerprint density at radius 2 is 2.11 bits per heavy atom. The van der Waals surface area contributed by atoms with Crippen molar-refractivity contribution >= 4 is 16.8 Å². The molecule has 0 saturated carbocycles. The lowest BCUT2D eigenvalue weighted by atomic mass is 10.0. The van der Waals surface area contributed by atoms with Crippen LogP contribution >= 0.6 is 0 Å². The van der Waals surface area contributed by atoms with Crippen LogP contribution in [-0.4, -0.2) is 35.7 Å². The highest BCUT2D eigenvalue weighted by Crippen LogP contribution is 2.24. The van der Waals surface area contributed by atoms with Crippen molar-refractivity contribution in [1.29, 1.82) is 0 Å². The van der Waals surface area contributed by atoms with Gasteiger partial charge in [0.2, 0.25) is 0 Å². The fraction of sp³-hybridized carbons (Fsp3) is 0.263. The zero-order valence-electron chi connectivity index (χ0n) is 15.2. The van der Waals surface area contributed by atoms with E-state index < -0.39 is 6.30 Å². The number of nitrogens with one attached hydrogen (secondary N) is 2. The van der Waals surface area contributed by atoms with Gasteiger partial charge in [0.1, 0.15) is 11.3 Å². The third kappa shape index (κ3) is 3.14. The zero-order chi connectivity index (χ0) is 19.1. The van der Waals surface area contributed by atoms with Crippen LogP contribution in [0.1, 0.15) is 40.5 Å². The summed E-state index contributed by atoms with van der Waals surface area (Å²) in [6.07, 6.45) is 3.97. The van der Waals surface area contributed by atoms with Crippen LogP contribution in [0.25, 0.3) is 22.3 Å². The van der Waals surface area contributed by atoms with Gasteiger partial charge in [0.25, 0.3) is 0 Å². The van der Waals surface area contributed by atoms with E-state index in [2.05, 4.69) is 25.3 Å². The van der Waals surface area contributed by atoms with E-state index >= 15 is 0 Å². The molecule has 138 valence electrons. The molecule has 0 fully saturated rings. The van der Waals surface area contributed by atoms with E-state index in [9.17, 15) is 9.18 Å². The number of alkyl halides is 1. The lowest BCUT2D eigenvalue weighted by Crippen LogP contribution is -2.06. The highest BCUT2D eigenvalue weighted by atomic mass is 19.1. The monoisotopic (exact) mass is 366 g/mol. The minimum Gasteiger partial charge on any atom is -0.339 e. The Bertz CT molecular complexity index is 1140. The predicted octanol–water partition coefficient (Wildman–Crippen LogP) is 3.68. The Labute approximate surface area is 154 Å². The molecule has 7 nitrogen and oxygen atoms in total. The topological polar surface area (TPSA) is 92.2 Å². The Hall–Kier alpha value is -3.29. The number of H-pyrrole nitrogens is 2. The summed E-state index contributed by atoms with van der Waals surface area (Å²) >= 11 is 0. The molecular weight excluding hydrogens is 347 g/mol. The van der Waals surface area contributed by atoms with Gasteiger partial charge in [-0.2, -0.15) is 10.2 Å². The maximum atomic E-state index is 13.4. The largest absolute Gasteiger partial charge is 0.339 e. The van der Waals surface area contributed by atoms with Crippen molar-refractivity contribution in [2.45, 2.75) is 33.5 Å². The van der Waals surface area contributed by atoms with Crippen molar-refractivity contribution in [3.8, 4) is 11.3 Å². The van der Waals surface area contributed by atoms with E-state index in [0.29, 0.717) is 11.3 Å². The van der Waals surface area contributed by atoms with E-state index in [0.717, 1.165) is 33.5 Å². The minimum atomic E-state index is -1.19. The third-order valence-corrected chi connectivity index (χ3v) is 4.69. The Kier molecular flexibility index (Phi) is 4.10. The summed E-state index contributed by atoms with van der Waals surface area (Å²) < 4.78 is 14.6. The first-order valence-electron chi connectivity index (χ1n) is 8.63. The molecule has 0 aromatic carbocycles. The molecule has 4 aromatic rings. The zero-order valence-corrected chi connectivity index (χ0v) is 15.2. The molecule has 0 amide bonds. The first kappa shape index (κ1) is 17.1. The van der Waals surface area contributed by atoms with Crippen LogP contribution in [0.3, 0.4) is 0 Å². The summed E-state index contributed by atoms with van der Waals surface area (Å²) in [6, 6.07) is 3.85. The molecule has 0 radical (unpaired) electrons. The number of nitrogens with zero attached hydrogens (tertiary/aromatic N) is 4. The summed E-state index contributed by atoms with van der Waals surface area (Å²) in [6.45, 7) is 5.19. The van der Waals surface area contributed by atoms with Crippen LogP contribution in [0.2, 0.25) is 0 Å². The van der Waals surface area contributed by atoms with Gasteiger partial charge in [-0.15, -0.1) is 0 Å². The number of aromatic amines is 2. The van der Waals surface area contributed by atoms with Crippen molar-refractivity contribution < 1.29 is 9.18 Å². The van der Waals surface area contributed by atoms with E-state index in [1.54, 1.807) is 18.6 Å².